The maximum Gasteiger partial charge on any atom is 0.0361 e. The number of allylic oxidation sites excluding steroid dienone is 6. The second-order valence-electron chi connectivity index (χ2n) is 8.72. The fourth-order valence-corrected chi connectivity index (χ4v) is 5.63. The van der Waals surface area contributed by atoms with Gasteiger partial charge in [0.15, 0.2) is 0 Å². The molecule has 0 saturated heterocycles. The van der Waals surface area contributed by atoms with Crippen LogP contribution in [-0.4, -0.2) is 0 Å². The first-order chi connectivity index (χ1) is 14.3. The van der Waals surface area contributed by atoms with Crippen molar-refractivity contribution in [1.82, 2.24) is 0 Å². The Morgan fingerprint density at radius 1 is 0.621 bits per heavy atom. The molecular weight excluding hydrogens is 348 g/mol. The SMILES string of the molecule is CC(C)C1C=CC=C2C1=C(C1c3ccccc3-c3ccccc31)c1ccccc12. The minimum absolute atomic E-state index is 0.303. The van der Waals surface area contributed by atoms with Gasteiger partial charge in [0.1, 0.15) is 0 Å². The predicted octanol–water partition coefficient (Wildman–Crippen LogP) is 7.49. The molecule has 1 unspecified atom stereocenters. The zero-order valence-electron chi connectivity index (χ0n) is 16.9. The van der Waals surface area contributed by atoms with Crippen LogP contribution in [0, 0.1) is 11.8 Å². The summed E-state index contributed by atoms with van der Waals surface area (Å²) in [5.41, 5.74) is 13.0. The van der Waals surface area contributed by atoms with E-state index in [9.17, 15) is 0 Å². The van der Waals surface area contributed by atoms with Crippen LogP contribution in [0.1, 0.15) is 42.0 Å². The van der Waals surface area contributed by atoms with Gasteiger partial charge in [-0.05, 0) is 56.0 Å². The molecule has 0 aromatic heterocycles. The van der Waals surface area contributed by atoms with Crippen molar-refractivity contribution in [2.24, 2.45) is 11.8 Å². The molecular formula is C29H24. The number of rotatable bonds is 2. The number of benzene rings is 3. The number of hydrogen-bond donors (Lipinski definition) is 0. The Kier molecular flexibility index (Phi) is 3.59. The maximum absolute atomic E-state index is 2.40. The second-order valence-corrected chi connectivity index (χ2v) is 8.72. The van der Waals surface area contributed by atoms with Crippen LogP contribution in [-0.2, 0) is 0 Å². The van der Waals surface area contributed by atoms with Gasteiger partial charge in [-0.1, -0.05) is 105 Å². The number of fused-ring (bicyclic) bond motifs is 6. The summed E-state index contributed by atoms with van der Waals surface area (Å²) in [4.78, 5) is 0. The van der Waals surface area contributed by atoms with Gasteiger partial charge in [-0.3, -0.25) is 0 Å². The quantitative estimate of drug-likeness (QED) is 0.437. The van der Waals surface area contributed by atoms with E-state index in [2.05, 4.69) is 105 Å². The van der Waals surface area contributed by atoms with Crippen molar-refractivity contribution in [1.29, 1.82) is 0 Å². The van der Waals surface area contributed by atoms with E-state index >= 15 is 0 Å². The van der Waals surface area contributed by atoms with Gasteiger partial charge in [-0.2, -0.15) is 0 Å². The van der Waals surface area contributed by atoms with E-state index in [1.807, 2.05) is 0 Å². The van der Waals surface area contributed by atoms with E-state index in [4.69, 9.17) is 0 Å². The smallest absolute Gasteiger partial charge is 0.0361 e. The summed E-state index contributed by atoms with van der Waals surface area (Å²) >= 11 is 0. The van der Waals surface area contributed by atoms with E-state index in [-0.39, 0.29) is 0 Å². The van der Waals surface area contributed by atoms with Crippen molar-refractivity contribution < 1.29 is 0 Å². The van der Waals surface area contributed by atoms with Gasteiger partial charge >= 0.3 is 0 Å². The zero-order chi connectivity index (χ0) is 19.5. The second kappa shape index (κ2) is 6.19. The molecule has 0 heteroatoms. The Morgan fingerprint density at radius 3 is 1.79 bits per heavy atom. The van der Waals surface area contributed by atoms with Gasteiger partial charge in [0.05, 0.1) is 0 Å². The van der Waals surface area contributed by atoms with Crippen LogP contribution in [0.2, 0.25) is 0 Å². The molecule has 140 valence electrons. The van der Waals surface area contributed by atoms with E-state index < -0.39 is 0 Å². The highest BCUT2D eigenvalue weighted by molar-refractivity contribution is 6.05. The van der Waals surface area contributed by atoms with Crippen molar-refractivity contribution in [3.63, 3.8) is 0 Å². The first-order valence-electron chi connectivity index (χ1n) is 10.7. The van der Waals surface area contributed by atoms with Crippen LogP contribution in [0.5, 0.6) is 0 Å². The van der Waals surface area contributed by atoms with Gasteiger partial charge in [-0.15, -0.1) is 0 Å². The third-order valence-electron chi connectivity index (χ3n) is 6.84. The average Bonchev–Trinajstić information content (AvgIpc) is 3.26. The van der Waals surface area contributed by atoms with Crippen LogP contribution in [0.3, 0.4) is 0 Å². The molecule has 3 aliphatic carbocycles. The molecule has 1 atom stereocenters. The zero-order valence-corrected chi connectivity index (χ0v) is 16.9. The summed E-state index contributed by atoms with van der Waals surface area (Å²) in [5, 5.41) is 0. The highest BCUT2D eigenvalue weighted by Gasteiger charge is 2.40. The lowest BCUT2D eigenvalue weighted by molar-refractivity contribution is 0.535. The van der Waals surface area contributed by atoms with Crippen LogP contribution < -0.4 is 0 Å². The van der Waals surface area contributed by atoms with Crippen LogP contribution in [0.15, 0.2) is 96.6 Å². The standard InChI is InChI=1S/C29H24/c1-18(2)19-16-9-17-25-22-12-5-8-15-26(22)29(27(19)25)28-23-13-6-3-10-20(23)21-11-4-7-14-24(21)28/h3-19,28H,1-2H3. The van der Waals surface area contributed by atoms with Crippen molar-refractivity contribution in [3.05, 3.63) is 119 Å². The lowest BCUT2D eigenvalue weighted by Gasteiger charge is -2.27. The third kappa shape index (κ3) is 2.26. The van der Waals surface area contributed by atoms with E-state index in [1.54, 1.807) is 5.57 Å². The monoisotopic (exact) mass is 372 g/mol. The molecule has 0 heterocycles. The van der Waals surface area contributed by atoms with Gasteiger partial charge in [-0.25, -0.2) is 0 Å². The molecule has 3 aliphatic rings. The highest BCUT2D eigenvalue weighted by atomic mass is 14.4. The lowest BCUT2D eigenvalue weighted by Crippen LogP contribution is -2.13. The Bertz CT molecular complexity index is 1190. The molecule has 0 nitrogen and oxygen atoms in total. The summed E-state index contributed by atoms with van der Waals surface area (Å²) in [5.74, 6) is 1.33. The average molecular weight is 373 g/mol. The highest BCUT2D eigenvalue weighted by Crippen LogP contribution is 2.58. The van der Waals surface area contributed by atoms with Gasteiger partial charge < -0.3 is 0 Å². The van der Waals surface area contributed by atoms with E-state index in [0.717, 1.165) is 0 Å². The van der Waals surface area contributed by atoms with Crippen molar-refractivity contribution in [2.45, 2.75) is 19.8 Å². The normalized spacial score (nSPS) is 19.1. The molecule has 0 N–H and O–H groups in total. The maximum atomic E-state index is 2.40. The molecule has 0 aliphatic heterocycles. The molecule has 29 heavy (non-hydrogen) atoms. The topological polar surface area (TPSA) is 0 Å². The fraction of sp³-hybridized carbons (Fsp3) is 0.172. The summed E-state index contributed by atoms with van der Waals surface area (Å²) in [6, 6.07) is 27.0. The van der Waals surface area contributed by atoms with Crippen LogP contribution in [0.25, 0.3) is 22.3 Å². The van der Waals surface area contributed by atoms with Crippen LogP contribution in [0.4, 0.5) is 0 Å². The third-order valence-corrected chi connectivity index (χ3v) is 6.84. The number of hydrogen-bond acceptors (Lipinski definition) is 0. The lowest BCUT2D eigenvalue weighted by atomic mass is 9.76. The van der Waals surface area contributed by atoms with Crippen LogP contribution >= 0.6 is 0 Å². The molecule has 0 saturated carbocycles. The van der Waals surface area contributed by atoms with Gasteiger partial charge in [0.25, 0.3) is 0 Å². The Hall–Kier alpha value is -3.12. The Labute approximate surface area is 172 Å². The van der Waals surface area contributed by atoms with E-state index in [0.29, 0.717) is 17.8 Å². The minimum atomic E-state index is 0.303. The Balaban J connectivity index is 1.70. The summed E-state index contributed by atoms with van der Waals surface area (Å²) in [6.07, 6.45) is 6.99. The minimum Gasteiger partial charge on any atom is -0.0767 e. The molecule has 0 spiro atoms. The van der Waals surface area contributed by atoms with Crippen molar-refractivity contribution in [2.75, 3.05) is 0 Å². The molecule has 3 aromatic rings. The molecule has 6 rings (SSSR count). The van der Waals surface area contributed by atoms with E-state index in [1.165, 1.54) is 44.5 Å². The summed E-state index contributed by atoms with van der Waals surface area (Å²) in [6.45, 7) is 4.70. The molecule has 0 amide bonds. The van der Waals surface area contributed by atoms with Gasteiger partial charge in [0, 0.05) is 11.8 Å². The first-order valence-corrected chi connectivity index (χ1v) is 10.7. The Morgan fingerprint density at radius 2 is 1.17 bits per heavy atom. The van der Waals surface area contributed by atoms with Crippen molar-refractivity contribution >= 4 is 11.1 Å². The summed E-state index contributed by atoms with van der Waals surface area (Å²) in [7, 11) is 0. The first kappa shape index (κ1) is 16.8. The van der Waals surface area contributed by atoms with Gasteiger partial charge in [0.2, 0.25) is 0 Å². The molecule has 0 bridgehead atoms. The molecule has 3 aromatic carbocycles. The summed E-state index contributed by atoms with van der Waals surface area (Å²) < 4.78 is 0. The molecule has 0 fully saturated rings. The fourth-order valence-electron chi connectivity index (χ4n) is 5.63. The predicted molar refractivity (Wildman–Crippen MR) is 123 cm³/mol. The largest absolute Gasteiger partial charge is 0.0767 e. The van der Waals surface area contributed by atoms with Crippen molar-refractivity contribution in [3.8, 4) is 11.1 Å². The molecule has 0 radical (unpaired) electrons.